The number of carbonyl (C=O) groups is 1. The summed E-state index contributed by atoms with van der Waals surface area (Å²) >= 11 is 0. The van der Waals surface area contributed by atoms with Crippen LogP contribution in [0, 0.1) is 0 Å². The normalized spacial score (nSPS) is 11.5. The number of benzene rings is 1. The van der Waals surface area contributed by atoms with Crippen molar-refractivity contribution in [1.82, 2.24) is 14.7 Å². The molecule has 1 aromatic heterocycles. The van der Waals surface area contributed by atoms with Crippen LogP contribution in [-0.2, 0) is 11.8 Å². The van der Waals surface area contributed by atoms with Gasteiger partial charge in [0.25, 0.3) is 0 Å². The highest BCUT2D eigenvalue weighted by atomic mass is 16.6. The van der Waals surface area contributed by atoms with Crippen LogP contribution in [0.1, 0.15) is 20.8 Å². The van der Waals surface area contributed by atoms with Gasteiger partial charge in [-0.2, -0.15) is 5.10 Å². The van der Waals surface area contributed by atoms with E-state index in [1.165, 1.54) is 4.90 Å². The number of carbonyl (C=O) groups excluding carboxylic acids is 1. The predicted octanol–water partition coefficient (Wildman–Crippen LogP) is 0.532. The molecule has 0 bridgehead atoms. The second kappa shape index (κ2) is 7.32. The van der Waals surface area contributed by atoms with Crippen molar-refractivity contribution in [3.8, 4) is 0 Å². The van der Waals surface area contributed by atoms with E-state index in [2.05, 4.69) is 10.4 Å². The Kier molecular flexibility index (Phi) is 5.59. The Hall–Kier alpha value is -2.26. The molecule has 1 amide bonds. The van der Waals surface area contributed by atoms with Gasteiger partial charge in [0, 0.05) is 32.6 Å². The number of ether oxygens (including phenoxy) is 1. The molecule has 0 unspecified atom stereocenters. The van der Waals surface area contributed by atoms with Gasteiger partial charge in [0.05, 0.1) is 5.52 Å². The van der Waals surface area contributed by atoms with Gasteiger partial charge >= 0.3 is 13.2 Å². The number of fused-ring (bicyclic) bond motifs is 1. The number of hydrogen-bond donors (Lipinski definition) is 3. The van der Waals surface area contributed by atoms with Gasteiger partial charge in [-0.25, -0.2) is 4.79 Å². The molecule has 2 aromatic rings. The number of aromatic nitrogens is 2. The number of rotatable bonds is 5. The molecule has 136 valence electrons. The Bertz CT molecular complexity index is 754. The second-order valence-electron chi connectivity index (χ2n) is 6.92. The van der Waals surface area contributed by atoms with Crippen molar-refractivity contribution in [3.63, 3.8) is 0 Å². The molecule has 0 radical (unpaired) electrons. The molecule has 2 rings (SSSR count). The highest BCUT2D eigenvalue weighted by Crippen LogP contribution is 2.21. The van der Waals surface area contributed by atoms with Crippen molar-refractivity contribution in [2.45, 2.75) is 26.4 Å². The minimum atomic E-state index is -1.59. The lowest BCUT2D eigenvalue weighted by atomic mass is 9.78. The second-order valence-corrected chi connectivity index (χ2v) is 6.92. The van der Waals surface area contributed by atoms with Crippen molar-refractivity contribution in [2.75, 3.05) is 25.5 Å². The molecule has 0 aliphatic rings. The topological polar surface area (TPSA) is 99.9 Å². The largest absolute Gasteiger partial charge is 0.489 e. The zero-order valence-corrected chi connectivity index (χ0v) is 15.3. The van der Waals surface area contributed by atoms with E-state index < -0.39 is 18.8 Å². The first-order valence-electron chi connectivity index (χ1n) is 8.10. The van der Waals surface area contributed by atoms with Crippen molar-refractivity contribution < 1.29 is 19.6 Å². The molecule has 0 saturated carbocycles. The highest BCUT2D eigenvalue weighted by Gasteiger charge is 2.21. The Morgan fingerprint density at radius 3 is 2.68 bits per heavy atom. The predicted molar refractivity (Wildman–Crippen MR) is 97.9 cm³/mol. The fourth-order valence-corrected chi connectivity index (χ4v) is 2.46. The average Bonchev–Trinajstić information content (AvgIpc) is 2.81. The summed E-state index contributed by atoms with van der Waals surface area (Å²) in [7, 11) is 1.85. The summed E-state index contributed by atoms with van der Waals surface area (Å²) < 4.78 is 6.95. The smallest absolute Gasteiger partial charge is 0.444 e. The van der Waals surface area contributed by atoms with Crippen LogP contribution in [0.25, 0.3) is 10.9 Å². The molecule has 0 spiro atoms. The molecule has 0 aliphatic heterocycles. The minimum Gasteiger partial charge on any atom is -0.444 e. The van der Waals surface area contributed by atoms with E-state index in [4.69, 9.17) is 4.74 Å². The van der Waals surface area contributed by atoms with Crippen molar-refractivity contribution in [1.29, 1.82) is 0 Å². The quantitative estimate of drug-likeness (QED) is 0.682. The van der Waals surface area contributed by atoms with Gasteiger partial charge in [0.2, 0.25) is 0 Å². The number of nitrogens with zero attached hydrogens (tertiary/aromatic N) is 3. The molecule has 1 heterocycles. The van der Waals surface area contributed by atoms with Crippen LogP contribution in [0.5, 0.6) is 0 Å². The molecule has 0 aliphatic carbocycles. The molecular formula is C16H25BN4O4. The van der Waals surface area contributed by atoms with Gasteiger partial charge in [0.1, 0.15) is 11.4 Å². The molecule has 0 atom stereocenters. The maximum absolute atomic E-state index is 12.0. The van der Waals surface area contributed by atoms with Crippen LogP contribution in [0.3, 0.4) is 0 Å². The fourth-order valence-electron chi connectivity index (χ4n) is 2.46. The molecular weight excluding hydrogens is 323 g/mol. The molecule has 0 saturated heterocycles. The van der Waals surface area contributed by atoms with E-state index in [0.29, 0.717) is 35.3 Å². The van der Waals surface area contributed by atoms with E-state index in [0.717, 1.165) is 0 Å². The van der Waals surface area contributed by atoms with E-state index in [9.17, 15) is 14.8 Å². The minimum absolute atomic E-state index is 0.383. The van der Waals surface area contributed by atoms with Crippen LogP contribution in [-0.4, -0.2) is 63.7 Å². The summed E-state index contributed by atoms with van der Waals surface area (Å²) in [5.74, 6) is 0.663. The summed E-state index contributed by atoms with van der Waals surface area (Å²) in [5, 5.41) is 27.4. The number of anilines is 1. The van der Waals surface area contributed by atoms with E-state index >= 15 is 0 Å². The third-order valence-electron chi connectivity index (χ3n) is 3.62. The van der Waals surface area contributed by atoms with Crippen LogP contribution < -0.4 is 10.8 Å². The van der Waals surface area contributed by atoms with Crippen LogP contribution in [0.4, 0.5) is 10.6 Å². The maximum Gasteiger partial charge on any atom is 0.489 e. The highest BCUT2D eigenvalue weighted by molar-refractivity contribution is 6.62. The lowest BCUT2D eigenvalue weighted by Gasteiger charge is -2.24. The van der Waals surface area contributed by atoms with Crippen molar-refractivity contribution >= 4 is 35.4 Å². The molecule has 9 heteroatoms. The van der Waals surface area contributed by atoms with Crippen molar-refractivity contribution in [3.05, 3.63) is 18.2 Å². The first-order valence-corrected chi connectivity index (χ1v) is 8.10. The van der Waals surface area contributed by atoms with Gasteiger partial charge in [0.15, 0.2) is 0 Å². The van der Waals surface area contributed by atoms with Crippen LogP contribution >= 0.6 is 0 Å². The Balaban J connectivity index is 2.09. The van der Waals surface area contributed by atoms with Gasteiger partial charge in [-0.15, -0.1) is 0 Å². The molecule has 1 aromatic carbocycles. The van der Waals surface area contributed by atoms with Gasteiger partial charge in [-0.05, 0) is 32.3 Å². The number of likely N-dealkylation sites (N-methyl/N-ethyl adjacent to an activating group) is 1. The lowest BCUT2D eigenvalue weighted by Crippen LogP contribution is -2.37. The van der Waals surface area contributed by atoms with Gasteiger partial charge in [-0.1, -0.05) is 12.1 Å². The monoisotopic (exact) mass is 348 g/mol. The van der Waals surface area contributed by atoms with E-state index in [1.54, 1.807) is 37.0 Å². The SMILES string of the molecule is CN(CCNc1c2c(B(O)O)cccc2nn1C)C(=O)OC(C)(C)C. The zero-order chi connectivity index (χ0) is 18.8. The summed E-state index contributed by atoms with van der Waals surface area (Å²) in [6.45, 7) is 6.34. The third-order valence-corrected chi connectivity index (χ3v) is 3.62. The third kappa shape index (κ3) is 4.64. The lowest BCUT2D eigenvalue weighted by molar-refractivity contribution is 0.0305. The number of hydrogen-bond acceptors (Lipinski definition) is 6. The van der Waals surface area contributed by atoms with Crippen LogP contribution in [0.15, 0.2) is 18.2 Å². The number of nitrogens with one attached hydrogen (secondary N) is 1. The first kappa shape index (κ1) is 19.1. The average molecular weight is 348 g/mol. The number of amides is 1. The van der Waals surface area contributed by atoms with Gasteiger partial charge < -0.3 is 25.0 Å². The van der Waals surface area contributed by atoms with Crippen LogP contribution in [0.2, 0.25) is 0 Å². The number of aryl methyl sites for hydroxylation is 1. The summed E-state index contributed by atoms with van der Waals surface area (Å²) in [5.41, 5.74) is 0.507. The first-order chi connectivity index (χ1) is 11.6. The summed E-state index contributed by atoms with van der Waals surface area (Å²) in [6, 6.07) is 5.18. The molecule has 25 heavy (non-hydrogen) atoms. The Labute approximate surface area is 147 Å². The fraction of sp³-hybridized carbons (Fsp3) is 0.500. The maximum atomic E-state index is 12.0. The summed E-state index contributed by atoms with van der Waals surface area (Å²) in [6.07, 6.45) is -0.393. The summed E-state index contributed by atoms with van der Waals surface area (Å²) in [4.78, 5) is 13.5. The zero-order valence-electron chi connectivity index (χ0n) is 15.3. The van der Waals surface area contributed by atoms with Gasteiger partial charge in [-0.3, -0.25) is 4.68 Å². The Morgan fingerprint density at radius 2 is 2.08 bits per heavy atom. The Morgan fingerprint density at radius 1 is 1.40 bits per heavy atom. The molecule has 3 N–H and O–H groups in total. The van der Waals surface area contributed by atoms with E-state index in [1.807, 2.05) is 20.8 Å². The van der Waals surface area contributed by atoms with Crippen molar-refractivity contribution in [2.24, 2.45) is 7.05 Å². The molecule has 0 fully saturated rings. The van der Waals surface area contributed by atoms with E-state index in [-0.39, 0.29) is 0 Å². The molecule has 8 nitrogen and oxygen atoms in total. The standard InChI is InChI=1S/C16H25BN4O4/c1-16(2,3)25-15(22)20(4)10-9-18-14-13-11(17(23)24)7-6-8-12(13)19-21(14)5/h6-8,18,23-24H,9-10H2,1-5H3.